The van der Waals surface area contributed by atoms with Crippen molar-refractivity contribution in [1.82, 2.24) is 4.57 Å². The van der Waals surface area contributed by atoms with Crippen molar-refractivity contribution in [3.05, 3.63) is 46.3 Å². The van der Waals surface area contributed by atoms with Gasteiger partial charge in [0.2, 0.25) is 0 Å². The molecule has 19 heavy (non-hydrogen) atoms. The van der Waals surface area contributed by atoms with Gasteiger partial charge in [-0.1, -0.05) is 6.07 Å². The van der Waals surface area contributed by atoms with E-state index in [-0.39, 0.29) is 17.6 Å². The number of benzene rings is 1. The Kier molecular flexibility index (Phi) is 2.93. The number of hydrogen-bond donors (Lipinski definition) is 1. The number of aromatic nitrogens is 1. The SMILES string of the molecule is O=C(O)c1ccc(-c2ccc(Br)c(F)c2)n1C1CC1. The molecule has 0 amide bonds. The van der Waals surface area contributed by atoms with Crippen LogP contribution in [-0.2, 0) is 0 Å². The molecule has 1 fully saturated rings. The first-order valence-corrected chi connectivity index (χ1v) is 6.77. The van der Waals surface area contributed by atoms with Crippen molar-refractivity contribution < 1.29 is 14.3 Å². The molecule has 1 aliphatic rings. The van der Waals surface area contributed by atoms with Crippen LogP contribution >= 0.6 is 15.9 Å². The zero-order valence-electron chi connectivity index (χ0n) is 9.94. The molecule has 1 aliphatic carbocycles. The van der Waals surface area contributed by atoms with Gasteiger partial charge in [-0.2, -0.15) is 0 Å². The van der Waals surface area contributed by atoms with Crippen LogP contribution in [0.3, 0.4) is 0 Å². The molecule has 0 saturated heterocycles. The lowest BCUT2D eigenvalue weighted by Crippen LogP contribution is -2.08. The number of carboxylic acid groups (broad SMARTS) is 1. The summed E-state index contributed by atoms with van der Waals surface area (Å²) in [4.78, 5) is 11.2. The van der Waals surface area contributed by atoms with Gasteiger partial charge in [-0.3, -0.25) is 0 Å². The minimum absolute atomic E-state index is 0.225. The molecule has 0 unspecified atom stereocenters. The molecule has 1 aromatic heterocycles. The molecular weight excluding hydrogens is 313 g/mol. The summed E-state index contributed by atoms with van der Waals surface area (Å²) in [5.41, 5.74) is 1.72. The molecule has 3 nitrogen and oxygen atoms in total. The van der Waals surface area contributed by atoms with Gasteiger partial charge in [0, 0.05) is 17.3 Å². The van der Waals surface area contributed by atoms with Gasteiger partial charge < -0.3 is 9.67 Å². The second-order valence-electron chi connectivity index (χ2n) is 4.64. The van der Waals surface area contributed by atoms with Crippen molar-refractivity contribution in [2.75, 3.05) is 0 Å². The smallest absolute Gasteiger partial charge is 0.352 e. The molecule has 1 heterocycles. The number of carboxylic acids is 1. The monoisotopic (exact) mass is 323 g/mol. The maximum absolute atomic E-state index is 13.6. The Morgan fingerprint density at radius 3 is 2.63 bits per heavy atom. The maximum Gasteiger partial charge on any atom is 0.352 e. The molecule has 1 saturated carbocycles. The number of carbonyl (C=O) groups is 1. The highest BCUT2D eigenvalue weighted by Crippen LogP contribution is 2.40. The van der Waals surface area contributed by atoms with Crippen LogP contribution in [0.1, 0.15) is 29.4 Å². The van der Waals surface area contributed by atoms with E-state index < -0.39 is 5.97 Å². The summed E-state index contributed by atoms with van der Waals surface area (Å²) >= 11 is 3.11. The van der Waals surface area contributed by atoms with Gasteiger partial charge in [0.15, 0.2) is 0 Å². The summed E-state index contributed by atoms with van der Waals surface area (Å²) in [6, 6.07) is 8.38. The second kappa shape index (κ2) is 4.49. The van der Waals surface area contributed by atoms with E-state index in [1.54, 1.807) is 28.8 Å². The lowest BCUT2D eigenvalue weighted by atomic mass is 10.1. The highest BCUT2D eigenvalue weighted by Gasteiger charge is 2.30. The quantitative estimate of drug-likeness (QED) is 0.924. The normalized spacial score (nSPS) is 14.6. The summed E-state index contributed by atoms with van der Waals surface area (Å²) in [6.07, 6.45) is 1.95. The third-order valence-electron chi connectivity index (χ3n) is 3.26. The number of hydrogen-bond acceptors (Lipinski definition) is 1. The lowest BCUT2D eigenvalue weighted by molar-refractivity contribution is 0.0685. The first-order valence-electron chi connectivity index (χ1n) is 5.98. The minimum Gasteiger partial charge on any atom is -0.477 e. The van der Waals surface area contributed by atoms with Crippen molar-refractivity contribution in [3.63, 3.8) is 0 Å². The Bertz CT molecular complexity index is 661. The number of rotatable bonds is 3. The van der Waals surface area contributed by atoms with Gasteiger partial charge in [-0.25, -0.2) is 9.18 Å². The van der Waals surface area contributed by atoms with Crippen LogP contribution in [0, 0.1) is 5.82 Å². The van der Waals surface area contributed by atoms with Crippen LogP contribution in [0.2, 0.25) is 0 Å². The molecule has 1 aromatic carbocycles. The van der Waals surface area contributed by atoms with E-state index >= 15 is 0 Å². The average molecular weight is 324 g/mol. The molecule has 3 rings (SSSR count). The van der Waals surface area contributed by atoms with Crippen molar-refractivity contribution in [2.45, 2.75) is 18.9 Å². The zero-order valence-corrected chi connectivity index (χ0v) is 11.5. The lowest BCUT2D eigenvalue weighted by Gasteiger charge is -2.11. The van der Waals surface area contributed by atoms with E-state index in [0.717, 1.165) is 18.5 Å². The highest BCUT2D eigenvalue weighted by molar-refractivity contribution is 9.10. The predicted molar refractivity (Wildman–Crippen MR) is 72.8 cm³/mol. The van der Waals surface area contributed by atoms with E-state index in [0.29, 0.717) is 10.0 Å². The summed E-state index contributed by atoms with van der Waals surface area (Å²) in [6.45, 7) is 0. The van der Waals surface area contributed by atoms with Gasteiger partial charge in [0.1, 0.15) is 11.5 Å². The van der Waals surface area contributed by atoms with Gasteiger partial charge in [0.05, 0.1) is 4.47 Å². The van der Waals surface area contributed by atoms with E-state index in [4.69, 9.17) is 0 Å². The van der Waals surface area contributed by atoms with E-state index in [2.05, 4.69) is 15.9 Å². The van der Waals surface area contributed by atoms with Gasteiger partial charge in [0.25, 0.3) is 0 Å². The molecule has 5 heteroatoms. The summed E-state index contributed by atoms with van der Waals surface area (Å²) < 4.78 is 15.8. The van der Waals surface area contributed by atoms with Crippen LogP contribution in [0.4, 0.5) is 4.39 Å². The molecule has 0 atom stereocenters. The third-order valence-corrected chi connectivity index (χ3v) is 3.91. The maximum atomic E-state index is 13.6. The minimum atomic E-state index is -0.948. The fraction of sp³-hybridized carbons (Fsp3) is 0.214. The first kappa shape index (κ1) is 12.4. The Labute approximate surface area is 117 Å². The molecule has 0 spiro atoms. The Balaban J connectivity index is 2.14. The molecule has 1 N–H and O–H groups in total. The van der Waals surface area contributed by atoms with E-state index in [1.165, 1.54) is 6.07 Å². The fourth-order valence-corrected chi connectivity index (χ4v) is 2.49. The van der Waals surface area contributed by atoms with Gasteiger partial charge in [-0.15, -0.1) is 0 Å². The van der Waals surface area contributed by atoms with Gasteiger partial charge >= 0.3 is 5.97 Å². The highest BCUT2D eigenvalue weighted by atomic mass is 79.9. The van der Waals surface area contributed by atoms with Crippen LogP contribution in [0.15, 0.2) is 34.8 Å². The number of aromatic carboxylic acids is 1. The van der Waals surface area contributed by atoms with Crippen molar-refractivity contribution in [3.8, 4) is 11.3 Å². The van der Waals surface area contributed by atoms with Crippen LogP contribution < -0.4 is 0 Å². The van der Waals surface area contributed by atoms with Gasteiger partial charge in [-0.05, 0) is 53.0 Å². The Morgan fingerprint density at radius 2 is 2.05 bits per heavy atom. The molecule has 98 valence electrons. The number of nitrogens with zero attached hydrogens (tertiary/aromatic N) is 1. The molecule has 0 bridgehead atoms. The molecule has 0 aliphatic heterocycles. The standard InChI is InChI=1S/C14H11BrFNO2/c15-10-4-1-8(7-11(10)16)12-5-6-13(14(18)19)17(12)9-2-3-9/h1,4-7,9H,2-3H2,(H,18,19). The first-order chi connectivity index (χ1) is 9.08. The topological polar surface area (TPSA) is 42.2 Å². The van der Waals surface area contributed by atoms with Crippen molar-refractivity contribution in [2.24, 2.45) is 0 Å². The molecular formula is C14H11BrFNO2. The predicted octanol–water partition coefficient (Wildman–Crippen LogP) is 4.09. The third kappa shape index (κ3) is 2.18. The van der Waals surface area contributed by atoms with Crippen molar-refractivity contribution >= 4 is 21.9 Å². The van der Waals surface area contributed by atoms with E-state index in [1.807, 2.05) is 0 Å². The zero-order chi connectivity index (χ0) is 13.6. The van der Waals surface area contributed by atoms with Crippen molar-refractivity contribution in [1.29, 1.82) is 0 Å². The molecule has 0 radical (unpaired) electrons. The summed E-state index contributed by atoms with van der Waals surface area (Å²) in [7, 11) is 0. The average Bonchev–Trinajstić information content (AvgIpc) is 3.11. The van der Waals surface area contributed by atoms with Crippen LogP contribution in [-0.4, -0.2) is 15.6 Å². The fourth-order valence-electron chi connectivity index (χ4n) is 2.24. The Morgan fingerprint density at radius 1 is 1.32 bits per heavy atom. The largest absolute Gasteiger partial charge is 0.477 e. The van der Waals surface area contributed by atoms with Crippen LogP contribution in [0.25, 0.3) is 11.3 Å². The summed E-state index contributed by atoms with van der Waals surface area (Å²) in [5, 5.41) is 9.20. The Hall–Kier alpha value is -1.62. The van der Waals surface area contributed by atoms with Crippen LogP contribution in [0.5, 0.6) is 0 Å². The summed E-state index contributed by atoms with van der Waals surface area (Å²) in [5.74, 6) is -1.30. The second-order valence-corrected chi connectivity index (χ2v) is 5.49. The van der Waals surface area contributed by atoms with E-state index in [9.17, 15) is 14.3 Å². The molecule has 2 aromatic rings. The number of halogens is 2.